The van der Waals surface area contributed by atoms with Crippen molar-refractivity contribution in [2.45, 2.75) is 6.18 Å². The molecule has 0 saturated carbocycles. The summed E-state index contributed by atoms with van der Waals surface area (Å²) in [5.41, 5.74) is -1.42. The number of hydrogen-bond acceptors (Lipinski definition) is 9. The number of ketones is 1. The van der Waals surface area contributed by atoms with Gasteiger partial charge in [0, 0.05) is 44.9 Å². The predicted molar refractivity (Wildman–Crippen MR) is 229 cm³/mol. The Balaban J connectivity index is 1.00. The Morgan fingerprint density at radius 2 is 1.08 bits per heavy atom. The number of phenols is 2. The zero-order valence-electron chi connectivity index (χ0n) is 32.6. The molecular formula is C48H27F5N6O5. The summed E-state index contributed by atoms with van der Waals surface area (Å²) in [5, 5.41) is 46.1. The maximum absolute atomic E-state index is 15.9. The average molecular weight is 863 g/mol. The predicted octanol–water partition coefficient (Wildman–Crippen LogP) is 13.2. The van der Waals surface area contributed by atoms with Gasteiger partial charge in [0.25, 0.3) is 11.8 Å². The largest absolute Gasteiger partial charge is 0.505 e. The van der Waals surface area contributed by atoms with E-state index < -0.39 is 52.5 Å². The number of halogens is 5. The summed E-state index contributed by atoms with van der Waals surface area (Å²) in [5.74, 6) is -4.79. The van der Waals surface area contributed by atoms with Crippen LogP contribution in [-0.2, 0) is 6.18 Å². The Hall–Kier alpha value is -8.66. The third-order valence-electron chi connectivity index (χ3n) is 10.4. The van der Waals surface area contributed by atoms with E-state index in [-0.39, 0.29) is 67.5 Å². The fourth-order valence-electron chi connectivity index (χ4n) is 7.38. The van der Waals surface area contributed by atoms with Crippen LogP contribution in [0.5, 0.6) is 11.5 Å². The van der Waals surface area contributed by atoms with Crippen LogP contribution >= 0.6 is 0 Å². The van der Waals surface area contributed by atoms with Crippen LogP contribution in [0.15, 0.2) is 160 Å². The number of fused-ring (bicyclic) bond motifs is 5. The Morgan fingerprint density at radius 3 is 1.67 bits per heavy atom. The van der Waals surface area contributed by atoms with Crippen LogP contribution in [0.1, 0.15) is 42.2 Å². The van der Waals surface area contributed by atoms with E-state index >= 15 is 4.39 Å². The van der Waals surface area contributed by atoms with Crippen LogP contribution in [-0.4, -0.2) is 27.8 Å². The van der Waals surface area contributed by atoms with Crippen LogP contribution < -0.4 is 10.6 Å². The molecule has 0 atom stereocenters. The minimum atomic E-state index is -4.65. The van der Waals surface area contributed by atoms with Crippen molar-refractivity contribution in [2.75, 3.05) is 10.6 Å². The van der Waals surface area contributed by atoms with E-state index in [1.807, 2.05) is 0 Å². The molecule has 0 heterocycles. The van der Waals surface area contributed by atoms with Gasteiger partial charge in [0.1, 0.15) is 23.0 Å². The summed E-state index contributed by atoms with van der Waals surface area (Å²) in [6, 6.07) is 32.0. The molecule has 1 aliphatic carbocycles. The van der Waals surface area contributed by atoms with Gasteiger partial charge in [-0.05, 0) is 83.1 Å². The van der Waals surface area contributed by atoms with Gasteiger partial charge in [0.15, 0.2) is 17.3 Å². The molecule has 64 heavy (non-hydrogen) atoms. The maximum Gasteiger partial charge on any atom is 0.416 e. The first-order valence-electron chi connectivity index (χ1n) is 19.1. The van der Waals surface area contributed by atoms with Gasteiger partial charge in [0.2, 0.25) is 0 Å². The normalized spacial score (nSPS) is 12.3. The van der Waals surface area contributed by atoms with Crippen molar-refractivity contribution >= 4 is 73.3 Å². The molecule has 4 N–H and O–H groups in total. The topological polar surface area (TPSA) is 165 Å². The van der Waals surface area contributed by atoms with Crippen molar-refractivity contribution in [1.82, 2.24) is 0 Å². The fraction of sp³-hybridized carbons (Fsp3) is 0.0208. The Labute approximate surface area is 357 Å². The first-order valence-corrected chi connectivity index (χ1v) is 19.1. The van der Waals surface area contributed by atoms with Crippen LogP contribution in [0.3, 0.4) is 0 Å². The van der Waals surface area contributed by atoms with Crippen molar-refractivity contribution in [1.29, 1.82) is 0 Å². The number of rotatable bonds is 8. The molecule has 0 unspecified atom stereocenters. The zero-order valence-corrected chi connectivity index (χ0v) is 32.6. The highest BCUT2D eigenvalue weighted by Gasteiger charge is 2.32. The number of carbonyl (C=O) groups excluding carboxylic acids is 3. The molecule has 0 radical (unpaired) electrons. The molecule has 1 aliphatic rings. The molecule has 8 aromatic carbocycles. The number of azo groups is 2. The van der Waals surface area contributed by atoms with Crippen LogP contribution in [0.2, 0.25) is 0 Å². The first-order chi connectivity index (χ1) is 30.7. The first kappa shape index (κ1) is 40.7. The van der Waals surface area contributed by atoms with Gasteiger partial charge in [-0.3, -0.25) is 14.4 Å². The highest BCUT2D eigenvalue weighted by atomic mass is 19.4. The van der Waals surface area contributed by atoms with E-state index in [2.05, 4.69) is 31.1 Å². The molecule has 16 heteroatoms. The summed E-state index contributed by atoms with van der Waals surface area (Å²) in [7, 11) is 0. The van der Waals surface area contributed by atoms with Gasteiger partial charge in [-0.1, -0.05) is 66.7 Å². The van der Waals surface area contributed by atoms with Crippen molar-refractivity contribution in [2.24, 2.45) is 20.5 Å². The van der Waals surface area contributed by atoms with E-state index in [0.717, 1.165) is 30.3 Å². The third kappa shape index (κ3) is 7.64. The standard InChI is InChI=1S/C48H27F5N6O5/c49-27-10-6-12-29(20-27)55-47(64)38-18-25-8-2-4-14-33(25)42(45(38)62)59-57-31-22-36-40(39(50)23-31)34-16-15-30(21-35(34)43(36)60)56-58-41-32-13-3-1-7-24(32)17-37(44(41)61)46(63)54-28-11-5-9-26(19-28)48(51,52)53/h1-23,61-62H,(H,54,63)(H,55,64). The molecule has 0 fully saturated rings. The SMILES string of the molecule is O=C(Nc1cccc(F)c1)c1cc2ccccc2c(N=Nc2cc(F)c3c(c2)C(=O)c2cc(N=Nc4c(O)c(C(=O)Nc5cccc(C(F)(F)F)c5)cc5ccccc45)ccc2-3)c1O. The van der Waals surface area contributed by atoms with Crippen molar-refractivity contribution in [3.05, 3.63) is 179 Å². The van der Waals surface area contributed by atoms with Gasteiger partial charge in [-0.2, -0.15) is 23.4 Å². The lowest BCUT2D eigenvalue weighted by Gasteiger charge is -2.12. The maximum atomic E-state index is 15.9. The van der Waals surface area contributed by atoms with Crippen LogP contribution in [0, 0.1) is 11.6 Å². The van der Waals surface area contributed by atoms with E-state index in [0.29, 0.717) is 21.5 Å². The summed E-state index contributed by atoms with van der Waals surface area (Å²) < 4.78 is 69.6. The molecule has 9 rings (SSSR count). The van der Waals surface area contributed by atoms with E-state index in [1.165, 1.54) is 60.7 Å². The quantitative estimate of drug-likeness (QED) is 0.0880. The number of nitrogens with one attached hydrogen (secondary N) is 2. The van der Waals surface area contributed by atoms with E-state index in [1.54, 1.807) is 48.5 Å². The number of phenolic OH excluding ortho intramolecular Hbond substituents is 2. The summed E-state index contributed by atoms with van der Waals surface area (Å²) in [6.45, 7) is 0. The van der Waals surface area contributed by atoms with Gasteiger partial charge in [0.05, 0.1) is 28.1 Å². The molecule has 0 spiro atoms. The van der Waals surface area contributed by atoms with E-state index in [4.69, 9.17) is 0 Å². The highest BCUT2D eigenvalue weighted by molar-refractivity contribution is 6.22. The number of amides is 2. The minimum absolute atomic E-state index is 0.00474. The molecule has 11 nitrogen and oxygen atoms in total. The smallest absolute Gasteiger partial charge is 0.416 e. The number of carbonyl (C=O) groups is 3. The van der Waals surface area contributed by atoms with Crippen molar-refractivity contribution < 1.29 is 46.5 Å². The number of benzene rings is 8. The van der Waals surface area contributed by atoms with Crippen molar-refractivity contribution in [3.63, 3.8) is 0 Å². The Kier molecular flexibility index (Phi) is 10.2. The number of aromatic hydroxyl groups is 2. The van der Waals surface area contributed by atoms with Gasteiger partial charge >= 0.3 is 6.18 Å². The van der Waals surface area contributed by atoms with E-state index in [9.17, 15) is 42.2 Å². The van der Waals surface area contributed by atoms with Crippen LogP contribution in [0.4, 0.5) is 56.1 Å². The molecule has 0 aliphatic heterocycles. The molecule has 314 valence electrons. The molecule has 8 aromatic rings. The van der Waals surface area contributed by atoms with Crippen molar-refractivity contribution in [3.8, 4) is 22.6 Å². The second-order valence-corrected chi connectivity index (χ2v) is 14.5. The monoisotopic (exact) mass is 862 g/mol. The lowest BCUT2D eigenvalue weighted by Crippen LogP contribution is -2.13. The molecule has 0 bridgehead atoms. The van der Waals surface area contributed by atoms with Gasteiger partial charge in [-0.15, -0.1) is 10.2 Å². The minimum Gasteiger partial charge on any atom is -0.505 e. The molecular weight excluding hydrogens is 836 g/mol. The molecule has 0 saturated heterocycles. The average Bonchev–Trinajstić information content (AvgIpc) is 3.55. The number of alkyl halides is 3. The number of anilines is 2. The molecule has 0 aromatic heterocycles. The Bertz CT molecular complexity index is 3350. The zero-order chi connectivity index (χ0) is 44.9. The second kappa shape index (κ2) is 16.0. The number of hydrogen-bond donors (Lipinski definition) is 4. The summed E-state index contributed by atoms with van der Waals surface area (Å²) in [6.07, 6.45) is -4.65. The van der Waals surface area contributed by atoms with Crippen LogP contribution in [0.25, 0.3) is 32.7 Å². The number of nitrogens with zero attached hydrogens (tertiary/aromatic N) is 4. The summed E-state index contributed by atoms with van der Waals surface area (Å²) >= 11 is 0. The molecule has 2 amide bonds. The summed E-state index contributed by atoms with van der Waals surface area (Å²) in [4.78, 5) is 40.4. The van der Waals surface area contributed by atoms with Gasteiger partial charge < -0.3 is 20.8 Å². The second-order valence-electron chi connectivity index (χ2n) is 14.5. The lowest BCUT2D eigenvalue weighted by atomic mass is 10.0. The third-order valence-corrected chi connectivity index (χ3v) is 10.4. The Morgan fingerprint density at radius 1 is 0.531 bits per heavy atom. The van der Waals surface area contributed by atoms with Gasteiger partial charge in [-0.25, -0.2) is 8.78 Å². The highest BCUT2D eigenvalue weighted by Crippen LogP contribution is 2.45. The fourth-order valence-corrected chi connectivity index (χ4v) is 7.38. The lowest BCUT2D eigenvalue weighted by molar-refractivity contribution is -0.137.